The number of hydrogen-bond donors (Lipinski definition) is 2. The maximum Gasteiger partial charge on any atom is 0.335 e. The number of ether oxygens (including phenoxy) is 1. The highest BCUT2D eigenvalue weighted by Gasteiger charge is 2.50. The summed E-state index contributed by atoms with van der Waals surface area (Å²) in [5.74, 6) is -2.07. The molecule has 5 heteroatoms. The summed E-state index contributed by atoms with van der Waals surface area (Å²) in [5, 5.41) is 9.18. The van der Waals surface area contributed by atoms with Crippen LogP contribution in [0.4, 0.5) is 0 Å². The van der Waals surface area contributed by atoms with E-state index in [1.165, 1.54) is 19.2 Å². The third kappa shape index (κ3) is 2.52. The summed E-state index contributed by atoms with van der Waals surface area (Å²) in [7, 11) is 1.31. The summed E-state index contributed by atoms with van der Waals surface area (Å²) in [6, 6.07) is 21.8. The third-order valence-electron chi connectivity index (χ3n) is 5.42. The molecule has 0 amide bonds. The van der Waals surface area contributed by atoms with Crippen molar-refractivity contribution in [3.8, 4) is 11.1 Å². The second kappa shape index (κ2) is 6.62. The second-order valence-electron chi connectivity index (χ2n) is 6.85. The Morgan fingerprint density at radius 2 is 1.39 bits per heavy atom. The summed E-state index contributed by atoms with van der Waals surface area (Å²) in [5.41, 5.74) is 9.89. The largest absolute Gasteiger partial charge is 0.478 e. The van der Waals surface area contributed by atoms with Crippen LogP contribution < -0.4 is 5.73 Å². The van der Waals surface area contributed by atoms with Crippen molar-refractivity contribution in [2.45, 2.75) is 11.5 Å². The molecule has 4 rings (SSSR count). The Balaban J connectivity index is 1.96. The van der Waals surface area contributed by atoms with Gasteiger partial charge in [-0.1, -0.05) is 60.7 Å². The zero-order chi connectivity index (χ0) is 19.9. The van der Waals surface area contributed by atoms with Gasteiger partial charge in [0.15, 0.2) is 5.54 Å². The molecule has 5 nitrogen and oxygen atoms in total. The van der Waals surface area contributed by atoms with Gasteiger partial charge in [0.05, 0.1) is 12.7 Å². The van der Waals surface area contributed by atoms with E-state index >= 15 is 0 Å². The van der Waals surface area contributed by atoms with Crippen LogP contribution in [0.2, 0.25) is 0 Å². The van der Waals surface area contributed by atoms with Gasteiger partial charge in [-0.2, -0.15) is 0 Å². The van der Waals surface area contributed by atoms with Gasteiger partial charge in [-0.05, 0) is 39.9 Å². The van der Waals surface area contributed by atoms with Crippen molar-refractivity contribution in [2.75, 3.05) is 7.11 Å². The minimum absolute atomic E-state index is 0.128. The maximum atomic E-state index is 13.0. The van der Waals surface area contributed by atoms with Crippen LogP contribution in [0.25, 0.3) is 11.1 Å². The van der Waals surface area contributed by atoms with Crippen LogP contribution in [0, 0.1) is 0 Å². The molecule has 1 aliphatic rings. The van der Waals surface area contributed by atoms with E-state index < -0.39 is 23.4 Å². The molecule has 28 heavy (non-hydrogen) atoms. The average Bonchev–Trinajstić information content (AvgIpc) is 3.07. The molecular weight excluding hydrogens is 354 g/mol. The van der Waals surface area contributed by atoms with Gasteiger partial charge in [0.25, 0.3) is 0 Å². The fourth-order valence-electron chi connectivity index (χ4n) is 4.11. The minimum atomic E-state index is -1.51. The molecule has 0 fully saturated rings. The molecule has 0 bridgehead atoms. The van der Waals surface area contributed by atoms with Crippen LogP contribution in [0.3, 0.4) is 0 Å². The number of fused-ring (bicyclic) bond motifs is 3. The quantitative estimate of drug-likeness (QED) is 0.683. The average molecular weight is 373 g/mol. The molecule has 0 saturated carbocycles. The standard InChI is InChI=1S/C23H19NO4/c1-28-22(27)23(24,15-12-10-14(11-13-15)21(25)26)20-18-8-4-2-6-16(18)17-7-3-5-9-19(17)20/h2-13,20H,24H2,1H3,(H,25,26). The van der Waals surface area contributed by atoms with Crippen molar-refractivity contribution in [3.63, 3.8) is 0 Å². The first-order valence-electron chi connectivity index (χ1n) is 8.87. The van der Waals surface area contributed by atoms with Crippen molar-refractivity contribution < 1.29 is 19.4 Å². The Labute approximate surface area is 162 Å². The molecule has 3 N–H and O–H groups in total. The zero-order valence-electron chi connectivity index (χ0n) is 15.3. The Morgan fingerprint density at radius 3 is 1.86 bits per heavy atom. The normalized spacial score (nSPS) is 14.6. The Hall–Kier alpha value is -3.44. The second-order valence-corrected chi connectivity index (χ2v) is 6.85. The number of carboxylic acids is 1. The summed E-state index contributed by atoms with van der Waals surface area (Å²) < 4.78 is 5.11. The van der Waals surface area contributed by atoms with Crippen molar-refractivity contribution in [1.29, 1.82) is 0 Å². The predicted octanol–water partition coefficient (Wildman–Crippen LogP) is 3.52. The molecule has 0 aliphatic heterocycles. The Morgan fingerprint density at radius 1 is 0.893 bits per heavy atom. The Bertz CT molecular complexity index is 1030. The van der Waals surface area contributed by atoms with Crippen LogP contribution in [0.15, 0.2) is 72.8 Å². The molecule has 0 spiro atoms. The number of carbonyl (C=O) groups is 2. The van der Waals surface area contributed by atoms with Crippen LogP contribution >= 0.6 is 0 Å². The van der Waals surface area contributed by atoms with Gasteiger partial charge in [0.2, 0.25) is 0 Å². The first-order valence-corrected chi connectivity index (χ1v) is 8.87. The monoisotopic (exact) mass is 373 g/mol. The molecule has 3 aromatic carbocycles. The fourth-order valence-corrected chi connectivity index (χ4v) is 4.11. The van der Waals surface area contributed by atoms with E-state index in [1.54, 1.807) is 12.1 Å². The van der Waals surface area contributed by atoms with Crippen molar-refractivity contribution in [3.05, 3.63) is 95.1 Å². The summed E-state index contributed by atoms with van der Waals surface area (Å²) in [6.07, 6.45) is 0. The highest BCUT2D eigenvalue weighted by atomic mass is 16.5. The van der Waals surface area contributed by atoms with Gasteiger partial charge >= 0.3 is 11.9 Å². The zero-order valence-corrected chi connectivity index (χ0v) is 15.3. The number of carbonyl (C=O) groups excluding carboxylic acids is 1. The predicted molar refractivity (Wildman–Crippen MR) is 105 cm³/mol. The lowest BCUT2D eigenvalue weighted by Gasteiger charge is -2.34. The smallest absolute Gasteiger partial charge is 0.335 e. The lowest BCUT2D eigenvalue weighted by Crippen LogP contribution is -2.50. The first-order chi connectivity index (χ1) is 13.5. The molecule has 1 aliphatic carbocycles. The highest BCUT2D eigenvalue weighted by molar-refractivity contribution is 5.91. The van der Waals surface area contributed by atoms with Crippen LogP contribution in [-0.4, -0.2) is 24.2 Å². The van der Waals surface area contributed by atoms with Gasteiger partial charge in [-0.25, -0.2) is 9.59 Å². The summed E-state index contributed by atoms with van der Waals surface area (Å²) in [6.45, 7) is 0. The van der Waals surface area contributed by atoms with Gasteiger partial charge in [0, 0.05) is 5.92 Å². The number of esters is 1. The number of carboxylic acid groups (broad SMARTS) is 1. The Kier molecular flexibility index (Phi) is 4.24. The van der Waals surface area contributed by atoms with E-state index in [0.717, 1.165) is 22.3 Å². The molecule has 140 valence electrons. The number of benzene rings is 3. The number of hydrogen-bond acceptors (Lipinski definition) is 4. The molecule has 0 aromatic heterocycles. The van der Waals surface area contributed by atoms with E-state index in [4.69, 9.17) is 10.5 Å². The lowest BCUT2D eigenvalue weighted by molar-refractivity contribution is -0.148. The van der Waals surface area contributed by atoms with E-state index in [9.17, 15) is 14.7 Å². The third-order valence-corrected chi connectivity index (χ3v) is 5.42. The topological polar surface area (TPSA) is 89.6 Å². The van der Waals surface area contributed by atoms with Crippen molar-refractivity contribution in [2.24, 2.45) is 5.73 Å². The number of aromatic carboxylic acids is 1. The van der Waals surface area contributed by atoms with Crippen molar-refractivity contribution in [1.82, 2.24) is 0 Å². The molecule has 1 atom stereocenters. The van der Waals surface area contributed by atoms with Crippen molar-refractivity contribution >= 4 is 11.9 Å². The van der Waals surface area contributed by atoms with E-state index in [0.29, 0.717) is 5.56 Å². The number of nitrogens with two attached hydrogens (primary N) is 1. The number of rotatable bonds is 4. The molecule has 1 unspecified atom stereocenters. The highest BCUT2D eigenvalue weighted by Crippen LogP contribution is 2.52. The first kappa shape index (κ1) is 17.9. The number of methoxy groups -OCH3 is 1. The SMILES string of the molecule is COC(=O)C(N)(c1ccc(C(=O)O)cc1)C1c2ccccc2-c2ccccc21. The van der Waals surface area contributed by atoms with E-state index in [1.807, 2.05) is 48.5 Å². The van der Waals surface area contributed by atoms with Gasteiger partial charge in [0.1, 0.15) is 0 Å². The van der Waals surface area contributed by atoms with E-state index in [-0.39, 0.29) is 5.56 Å². The summed E-state index contributed by atoms with van der Waals surface area (Å²) >= 11 is 0. The van der Waals surface area contributed by atoms with Gasteiger partial charge in [-0.3, -0.25) is 0 Å². The van der Waals surface area contributed by atoms with Gasteiger partial charge < -0.3 is 15.6 Å². The summed E-state index contributed by atoms with van der Waals surface area (Å²) in [4.78, 5) is 24.2. The molecule has 3 aromatic rings. The van der Waals surface area contributed by atoms with Crippen LogP contribution in [0.1, 0.15) is 33.0 Å². The fraction of sp³-hybridized carbons (Fsp3) is 0.130. The molecule has 0 saturated heterocycles. The minimum Gasteiger partial charge on any atom is -0.478 e. The van der Waals surface area contributed by atoms with Crippen LogP contribution in [0.5, 0.6) is 0 Å². The molecular formula is C23H19NO4. The lowest BCUT2D eigenvalue weighted by atomic mass is 9.73. The van der Waals surface area contributed by atoms with Gasteiger partial charge in [-0.15, -0.1) is 0 Å². The molecule has 0 radical (unpaired) electrons. The molecule has 0 heterocycles. The van der Waals surface area contributed by atoms with Crippen LogP contribution in [-0.2, 0) is 15.1 Å². The maximum absolute atomic E-state index is 13.0. The van der Waals surface area contributed by atoms with E-state index in [2.05, 4.69) is 0 Å².